The van der Waals surface area contributed by atoms with Gasteiger partial charge in [-0.3, -0.25) is 4.84 Å². The maximum atomic E-state index is 10.1. The Balaban J connectivity index is 2.14. The van der Waals surface area contributed by atoms with Crippen LogP contribution in [-0.4, -0.2) is 34.0 Å². The number of hydrogen-bond donors (Lipinski definition) is 1. The van der Waals surface area contributed by atoms with E-state index in [0.29, 0.717) is 0 Å². The molecule has 1 N–H and O–H groups in total. The first-order chi connectivity index (χ1) is 10.8. The zero-order valence-corrected chi connectivity index (χ0v) is 16.4. The van der Waals surface area contributed by atoms with Crippen molar-refractivity contribution in [2.45, 2.75) is 122 Å². The molecule has 0 radical (unpaired) electrons. The van der Waals surface area contributed by atoms with E-state index in [9.17, 15) is 5.11 Å². The first kappa shape index (κ1) is 20.9. The van der Waals surface area contributed by atoms with Gasteiger partial charge >= 0.3 is 0 Å². The molecule has 1 aliphatic heterocycles. The first-order valence-electron chi connectivity index (χ1n) is 9.91. The Labute approximate surface area is 144 Å². The topological polar surface area (TPSA) is 32.7 Å². The molecule has 0 aromatic carbocycles. The number of unbranched alkanes of at least 4 members (excludes halogenated alkanes) is 8. The average Bonchev–Trinajstić information content (AvgIpc) is 2.41. The van der Waals surface area contributed by atoms with Crippen molar-refractivity contribution in [3.05, 3.63) is 0 Å². The lowest BCUT2D eigenvalue weighted by molar-refractivity contribution is -0.292. The van der Waals surface area contributed by atoms with E-state index in [2.05, 4.69) is 39.7 Å². The van der Waals surface area contributed by atoms with E-state index in [1.807, 2.05) is 0 Å². The van der Waals surface area contributed by atoms with Crippen LogP contribution < -0.4 is 0 Å². The fourth-order valence-corrected chi connectivity index (χ4v) is 4.13. The second kappa shape index (κ2) is 10.0. The molecule has 1 heterocycles. The minimum absolute atomic E-state index is 0.0968. The van der Waals surface area contributed by atoms with Gasteiger partial charge in [-0.1, -0.05) is 58.3 Å². The maximum Gasteiger partial charge on any atom is 0.0685 e. The van der Waals surface area contributed by atoms with Crippen LogP contribution in [0.25, 0.3) is 0 Å². The third kappa shape index (κ3) is 7.53. The van der Waals surface area contributed by atoms with E-state index in [1.165, 1.54) is 51.4 Å². The van der Waals surface area contributed by atoms with Crippen LogP contribution in [0.15, 0.2) is 0 Å². The Kier molecular flexibility index (Phi) is 9.10. The summed E-state index contributed by atoms with van der Waals surface area (Å²) < 4.78 is 0. The summed E-state index contributed by atoms with van der Waals surface area (Å²) >= 11 is 0. The van der Waals surface area contributed by atoms with Crippen molar-refractivity contribution in [2.24, 2.45) is 0 Å². The predicted molar refractivity (Wildman–Crippen MR) is 98.4 cm³/mol. The lowest BCUT2D eigenvalue weighted by Crippen LogP contribution is -2.61. The summed E-state index contributed by atoms with van der Waals surface area (Å²) in [6, 6.07) is 0. The molecule has 1 rings (SSSR count). The van der Waals surface area contributed by atoms with Gasteiger partial charge < -0.3 is 5.11 Å². The Morgan fingerprint density at radius 1 is 0.826 bits per heavy atom. The summed E-state index contributed by atoms with van der Waals surface area (Å²) in [5.41, 5.74) is -0.194. The molecule has 0 aliphatic carbocycles. The highest BCUT2D eigenvalue weighted by Gasteiger charge is 2.45. The normalized spacial score (nSPS) is 21.7. The quantitative estimate of drug-likeness (QED) is 0.511. The minimum Gasteiger partial charge on any atom is -0.393 e. The number of aliphatic hydroxyl groups is 1. The van der Waals surface area contributed by atoms with Crippen molar-refractivity contribution in [1.29, 1.82) is 0 Å². The molecular formula is C20H41NO2. The summed E-state index contributed by atoms with van der Waals surface area (Å²) in [5, 5.41) is 12.2. The van der Waals surface area contributed by atoms with Crippen LogP contribution in [0.4, 0.5) is 0 Å². The maximum absolute atomic E-state index is 10.1. The van der Waals surface area contributed by atoms with Crippen molar-refractivity contribution in [1.82, 2.24) is 5.06 Å². The van der Waals surface area contributed by atoms with Crippen LogP contribution >= 0.6 is 0 Å². The summed E-state index contributed by atoms with van der Waals surface area (Å²) in [6.45, 7) is 11.8. The molecule has 3 nitrogen and oxygen atoms in total. The van der Waals surface area contributed by atoms with Crippen LogP contribution in [0.1, 0.15) is 105 Å². The van der Waals surface area contributed by atoms with Crippen molar-refractivity contribution in [3.8, 4) is 0 Å². The largest absolute Gasteiger partial charge is 0.393 e. The van der Waals surface area contributed by atoms with Gasteiger partial charge in [-0.2, -0.15) is 5.06 Å². The third-order valence-corrected chi connectivity index (χ3v) is 5.04. The van der Waals surface area contributed by atoms with Crippen LogP contribution in [-0.2, 0) is 4.84 Å². The van der Waals surface area contributed by atoms with Gasteiger partial charge in [0.15, 0.2) is 0 Å². The predicted octanol–water partition coefficient (Wildman–Crippen LogP) is 5.46. The van der Waals surface area contributed by atoms with Gasteiger partial charge in [0.25, 0.3) is 0 Å². The summed E-state index contributed by atoms with van der Waals surface area (Å²) in [6.07, 6.45) is 13.4. The van der Waals surface area contributed by atoms with E-state index in [1.54, 1.807) is 0 Å². The Morgan fingerprint density at radius 3 is 1.74 bits per heavy atom. The van der Waals surface area contributed by atoms with Gasteiger partial charge in [-0.15, -0.1) is 0 Å². The number of hydroxylamine groups is 2. The second-order valence-corrected chi connectivity index (χ2v) is 8.64. The molecule has 0 aromatic rings. The van der Waals surface area contributed by atoms with E-state index >= 15 is 0 Å². The van der Waals surface area contributed by atoms with Crippen molar-refractivity contribution >= 4 is 0 Å². The monoisotopic (exact) mass is 327 g/mol. The molecule has 1 saturated heterocycles. The van der Waals surface area contributed by atoms with Crippen LogP contribution in [0.3, 0.4) is 0 Å². The van der Waals surface area contributed by atoms with Crippen LogP contribution in [0.5, 0.6) is 0 Å². The highest BCUT2D eigenvalue weighted by atomic mass is 16.7. The van der Waals surface area contributed by atoms with Gasteiger partial charge in [0.1, 0.15) is 0 Å². The number of aliphatic hydroxyl groups excluding tert-OH is 1. The van der Waals surface area contributed by atoms with Crippen molar-refractivity contribution in [3.63, 3.8) is 0 Å². The summed E-state index contributed by atoms with van der Waals surface area (Å²) in [5.74, 6) is 0. The Morgan fingerprint density at radius 2 is 1.26 bits per heavy atom. The SMILES string of the molecule is CCCCCCCCCCCON1C(C)(C)CC(O)CC1(C)C. The van der Waals surface area contributed by atoms with Crippen molar-refractivity contribution < 1.29 is 9.94 Å². The molecule has 0 amide bonds. The second-order valence-electron chi connectivity index (χ2n) is 8.64. The first-order valence-corrected chi connectivity index (χ1v) is 9.91. The molecule has 1 fully saturated rings. The van der Waals surface area contributed by atoms with Crippen LogP contribution in [0, 0.1) is 0 Å². The van der Waals surface area contributed by atoms with Gasteiger partial charge in [-0.25, -0.2) is 0 Å². The third-order valence-electron chi connectivity index (χ3n) is 5.04. The molecule has 138 valence electrons. The van der Waals surface area contributed by atoms with E-state index in [0.717, 1.165) is 25.9 Å². The highest BCUT2D eigenvalue weighted by Crippen LogP contribution is 2.38. The Bertz CT molecular complexity index is 297. The number of piperidine rings is 1. The number of hydrogen-bond acceptors (Lipinski definition) is 3. The van der Waals surface area contributed by atoms with E-state index in [-0.39, 0.29) is 17.2 Å². The lowest BCUT2D eigenvalue weighted by atomic mass is 9.80. The number of rotatable bonds is 11. The molecule has 1 aliphatic rings. The fraction of sp³-hybridized carbons (Fsp3) is 1.00. The van der Waals surface area contributed by atoms with Crippen LogP contribution in [0.2, 0.25) is 0 Å². The van der Waals surface area contributed by atoms with E-state index < -0.39 is 0 Å². The lowest BCUT2D eigenvalue weighted by Gasteiger charge is -2.52. The molecule has 0 aromatic heterocycles. The number of nitrogens with zero attached hydrogens (tertiary/aromatic N) is 1. The molecule has 3 heteroatoms. The van der Waals surface area contributed by atoms with Gasteiger partial charge in [0.2, 0.25) is 0 Å². The Hall–Kier alpha value is -0.120. The molecule has 0 spiro atoms. The van der Waals surface area contributed by atoms with Gasteiger partial charge in [-0.05, 0) is 47.0 Å². The zero-order chi connectivity index (χ0) is 17.3. The zero-order valence-electron chi connectivity index (χ0n) is 16.4. The summed E-state index contributed by atoms with van der Waals surface area (Å²) in [4.78, 5) is 6.14. The molecule has 0 saturated carbocycles. The average molecular weight is 328 g/mol. The van der Waals surface area contributed by atoms with Gasteiger partial charge in [0.05, 0.1) is 12.7 Å². The fourth-order valence-electron chi connectivity index (χ4n) is 4.13. The molecule has 0 unspecified atom stereocenters. The molecule has 0 bridgehead atoms. The molecular weight excluding hydrogens is 286 g/mol. The highest BCUT2D eigenvalue weighted by molar-refractivity contribution is 4.96. The van der Waals surface area contributed by atoms with Gasteiger partial charge in [0, 0.05) is 11.1 Å². The minimum atomic E-state index is -0.215. The van der Waals surface area contributed by atoms with E-state index in [4.69, 9.17) is 4.84 Å². The molecule has 23 heavy (non-hydrogen) atoms. The standard InChI is InChI=1S/C20H41NO2/c1-6-7-8-9-10-11-12-13-14-15-23-21-19(2,3)16-18(22)17-20(21,4)5/h18,22H,6-17H2,1-5H3. The molecule has 0 atom stereocenters. The summed E-state index contributed by atoms with van der Waals surface area (Å²) in [7, 11) is 0. The smallest absolute Gasteiger partial charge is 0.0685 e. The van der Waals surface area contributed by atoms with Crippen molar-refractivity contribution in [2.75, 3.05) is 6.61 Å².